The molecule has 2 aliphatic heterocycles. The van der Waals surface area contributed by atoms with Gasteiger partial charge in [0.2, 0.25) is 0 Å². The fourth-order valence-electron chi connectivity index (χ4n) is 6.08. The van der Waals surface area contributed by atoms with Crippen molar-refractivity contribution in [3.05, 3.63) is 53.2 Å². The van der Waals surface area contributed by atoms with Crippen LogP contribution in [0.4, 0.5) is 15.8 Å². The molecule has 1 N–H and O–H groups in total. The van der Waals surface area contributed by atoms with Gasteiger partial charge in [0.05, 0.1) is 22.6 Å². The molecule has 3 aliphatic rings. The Hall–Kier alpha value is -3.26. The lowest BCUT2D eigenvalue weighted by molar-refractivity contribution is -0.00374. The maximum atomic E-state index is 14.5. The van der Waals surface area contributed by atoms with Crippen LogP contribution in [0.25, 0.3) is 10.9 Å². The van der Waals surface area contributed by atoms with Crippen molar-refractivity contribution in [2.75, 3.05) is 44.1 Å². The number of ether oxygens (including phenoxy) is 2. The van der Waals surface area contributed by atoms with Gasteiger partial charge in [-0.25, -0.2) is 0 Å². The second-order valence-electron chi connectivity index (χ2n) is 11.2. The summed E-state index contributed by atoms with van der Waals surface area (Å²) in [7, 11) is 3.57. The van der Waals surface area contributed by atoms with E-state index < -0.39 is 6.36 Å². The van der Waals surface area contributed by atoms with Crippen LogP contribution in [0.2, 0.25) is 0 Å². The van der Waals surface area contributed by atoms with E-state index in [1.54, 1.807) is 0 Å². The minimum Gasteiger partial charge on any atom is -0.456 e. The van der Waals surface area contributed by atoms with Crippen LogP contribution in [0.15, 0.2) is 36.4 Å². The predicted molar refractivity (Wildman–Crippen MR) is 152 cm³/mol. The number of hydrogen-bond donors (Lipinski definition) is 1. The highest BCUT2D eigenvalue weighted by molar-refractivity contribution is 5.99. The average Bonchev–Trinajstić information content (AvgIpc) is 3.61. The Balaban J connectivity index is 1.35. The third kappa shape index (κ3) is 4.95. The number of para-hydroxylation sites is 1. The number of alkyl halides is 1. The number of amides is 1. The zero-order valence-electron chi connectivity index (χ0n) is 23.2. The normalized spacial score (nSPS) is 19.3. The smallest absolute Gasteiger partial charge is 0.261 e. The number of carbonyl (C=O) groups is 1. The minimum atomic E-state index is -1.53. The second kappa shape index (κ2) is 10.7. The van der Waals surface area contributed by atoms with Crippen LogP contribution in [0, 0.1) is 5.92 Å². The fraction of sp³-hybridized carbons (Fsp3) is 0.516. The molecule has 1 aliphatic carbocycles. The number of anilines is 2. The molecule has 3 aromatic rings. The standard InChI is InChI=1S/C31H39FN4O3/c1-4-5-13-35-14-12-21-16-25-24(18-23(21)31(35)37)33-30(34(25)2)26-17-22-7-6-8-27(39-28(32)19-38-3)29(22)36(26)15-11-20-9-10-20/h6-8,16-18,20,28,30,33H,4-5,9-15,19H2,1-3H3. The van der Waals surface area contributed by atoms with Gasteiger partial charge in [0.25, 0.3) is 12.3 Å². The van der Waals surface area contributed by atoms with Crippen LogP contribution in [0.3, 0.4) is 0 Å². The molecule has 0 saturated heterocycles. The average molecular weight is 535 g/mol. The van der Waals surface area contributed by atoms with Gasteiger partial charge in [-0.2, -0.15) is 4.39 Å². The zero-order chi connectivity index (χ0) is 27.1. The van der Waals surface area contributed by atoms with E-state index in [0.29, 0.717) is 5.75 Å². The van der Waals surface area contributed by atoms with E-state index >= 15 is 0 Å². The molecule has 2 unspecified atom stereocenters. The van der Waals surface area contributed by atoms with Gasteiger partial charge < -0.3 is 29.2 Å². The number of rotatable bonds is 11. The molecule has 1 saturated carbocycles. The zero-order valence-corrected chi connectivity index (χ0v) is 23.2. The third-order valence-electron chi connectivity index (χ3n) is 8.44. The largest absolute Gasteiger partial charge is 0.456 e. The minimum absolute atomic E-state index is 0.116. The first-order valence-electron chi connectivity index (χ1n) is 14.4. The number of methoxy groups -OCH3 is 1. The van der Waals surface area contributed by atoms with E-state index in [1.165, 1.54) is 20.0 Å². The molecular weight excluding hydrogens is 495 g/mol. The Labute approximate surface area is 229 Å². The predicted octanol–water partition coefficient (Wildman–Crippen LogP) is 6.12. The van der Waals surface area contributed by atoms with Gasteiger partial charge in [0.1, 0.15) is 18.5 Å². The van der Waals surface area contributed by atoms with E-state index in [4.69, 9.17) is 9.47 Å². The first-order chi connectivity index (χ1) is 19.0. The second-order valence-corrected chi connectivity index (χ2v) is 11.2. The molecule has 2 atom stereocenters. The lowest BCUT2D eigenvalue weighted by atomic mass is 9.97. The van der Waals surface area contributed by atoms with Crippen molar-refractivity contribution >= 4 is 28.2 Å². The van der Waals surface area contributed by atoms with Crippen molar-refractivity contribution in [3.63, 3.8) is 0 Å². The first-order valence-corrected chi connectivity index (χ1v) is 14.4. The molecule has 0 spiro atoms. The lowest BCUT2D eigenvalue weighted by Crippen LogP contribution is -2.38. The number of nitrogens with zero attached hydrogens (tertiary/aromatic N) is 3. The topological polar surface area (TPSA) is 59.0 Å². The van der Waals surface area contributed by atoms with E-state index in [9.17, 15) is 9.18 Å². The van der Waals surface area contributed by atoms with Gasteiger partial charge in [-0.1, -0.05) is 38.3 Å². The highest BCUT2D eigenvalue weighted by Gasteiger charge is 2.34. The Kier molecular flexibility index (Phi) is 7.14. The number of aryl methyl sites for hydroxylation is 1. The van der Waals surface area contributed by atoms with Crippen LogP contribution in [-0.4, -0.2) is 55.6 Å². The molecule has 208 valence electrons. The number of aromatic nitrogens is 1. The molecule has 8 heteroatoms. The first kappa shape index (κ1) is 26.0. The van der Waals surface area contributed by atoms with Gasteiger partial charge in [-0.3, -0.25) is 4.79 Å². The van der Waals surface area contributed by atoms with E-state index in [2.05, 4.69) is 47.0 Å². The Morgan fingerprint density at radius 1 is 1.18 bits per heavy atom. The van der Waals surface area contributed by atoms with Crippen molar-refractivity contribution in [2.45, 2.75) is 64.5 Å². The Morgan fingerprint density at radius 3 is 2.79 bits per heavy atom. The monoisotopic (exact) mass is 534 g/mol. The van der Waals surface area contributed by atoms with Gasteiger partial charge in [-0.15, -0.1) is 0 Å². The summed E-state index contributed by atoms with van der Waals surface area (Å²) in [4.78, 5) is 17.5. The Morgan fingerprint density at radius 2 is 2.03 bits per heavy atom. The van der Waals surface area contributed by atoms with Crippen LogP contribution in [-0.2, 0) is 17.7 Å². The number of benzene rings is 2. The molecule has 3 heterocycles. The summed E-state index contributed by atoms with van der Waals surface area (Å²) in [5.41, 5.74) is 6.04. The van der Waals surface area contributed by atoms with Crippen molar-refractivity contribution in [2.24, 2.45) is 5.92 Å². The molecule has 39 heavy (non-hydrogen) atoms. The van der Waals surface area contributed by atoms with Crippen molar-refractivity contribution in [1.29, 1.82) is 0 Å². The van der Waals surface area contributed by atoms with Gasteiger partial charge >= 0.3 is 0 Å². The van der Waals surface area contributed by atoms with E-state index in [1.807, 2.05) is 23.1 Å². The maximum absolute atomic E-state index is 14.5. The maximum Gasteiger partial charge on any atom is 0.261 e. The highest BCUT2D eigenvalue weighted by Crippen LogP contribution is 2.45. The summed E-state index contributed by atoms with van der Waals surface area (Å²) in [6, 6.07) is 12.2. The van der Waals surface area contributed by atoms with Crippen LogP contribution in [0.1, 0.15) is 66.8 Å². The lowest BCUT2D eigenvalue weighted by Gasteiger charge is -2.29. The molecule has 6 rings (SSSR count). The summed E-state index contributed by atoms with van der Waals surface area (Å²) >= 11 is 0. The van der Waals surface area contributed by atoms with Gasteiger partial charge in [0, 0.05) is 44.7 Å². The molecule has 1 aromatic heterocycles. The third-order valence-corrected chi connectivity index (χ3v) is 8.44. The molecule has 1 amide bonds. The quantitative estimate of drug-likeness (QED) is 0.321. The van der Waals surface area contributed by atoms with Gasteiger partial charge in [-0.05, 0) is 55.0 Å². The number of fused-ring (bicyclic) bond motifs is 3. The molecule has 0 bridgehead atoms. The van der Waals surface area contributed by atoms with Gasteiger partial charge in [0.15, 0.2) is 0 Å². The van der Waals surface area contributed by atoms with Crippen LogP contribution >= 0.6 is 0 Å². The van der Waals surface area contributed by atoms with Crippen molar-refractivity contribution in [1.82, 2.24) is 9.47 Å². The number of unbranched alkanes of at least 4 members (excludes halogenated alkanes) is 1. The summed E-state index contributed by atoms with van der Waals surface area (Å²) in [6.45, 7) is 4.48. The summed E-state index contributed by atoms with van der Waals surface area (Å²) < 4.78 is 27.5. The van der Waals surface area contributed by atoms with E-state index in [0.717, 1.165) is 90.3 Å². The number of nitrogens with one attached hydrogen (secondary N) is 1. The molecule has 2 aromatic carbocycles. The van der Waals surface area contributed by atoms with E-state index in [-0.39, 0.29) is 18.7 Å². The number of halogens is 1. The van der Waals surface area contributed by atoms with Crippen molar-refractivity contribution < 1.29 is 18.7 Å². The highest BCUT2D eigenvalue weighted by atomic mass is 19.1. The molecular formula is C31H39FN4O3. The summed E-state index contributed by atoms with van der Waals surface area (Å²) in [6.07, 6.45) is 4.98. The molecule has 7 nitrogen and oxygen atoms in total. The summed E-state index contributed by atoms with van der Waals surface area (Å²) in [5, 5.41) is 4.74. The number of hydrogen-bond acceptors (Lipinski definition) is 5. The van der Waals surface area contributed by atoms with Crippen LogP contribution < -0.4 is 15.0 Å². The molecule has 0 radical (unpaired) electrons. The van der Waals surface area contributed by atoms with Crippen LogP contribution in [0.5, 0.6) is 5.75 Å². The fourth-order valence-corrected chi connectivity index (χ4v) is 6.08. The number of carbonyl (C=O) groups excluding carboxylic acids is 1. The Bertz CT molecular complexity index is 1370. The summed E-state index contributed by atoms with van der Waals surface area (Å²) in [5.74, 6) is 1.42. The molecule has 1 fully saturated rings. The SMILES string of the molecule is CCCCN1CCc2cc3c(cc2C1=O)NC(c1cc2cccc(OC(F)COC)c2n1CCC1CC1)N3C. The van der Waals surface area contributed by atoms with Crippen molar-refractivity contribution in [3.8, 4) is 5.75 Å².